The van der Waals surface area contributed by atoms with Crippen LogP contribution in [0.1, 0.15) is 10.4 Å². The maximum absolute atomic E-state index is 10.5. The van der Waals surface area contributed by atoms with Crippen LogP contribution in [0.15, 0.2) is 54.6 Å². The lowest BCUT2D eigenvalue weighted by atomic mass is 10.2. The highest BCUT2D eigenvalue weighted by atomic mass is 35.5. The van der Waals surface area contributed by atoms with E-state index in [0.29, 0.717) is 10.6 Å². The van der Waals surface area contributed by atoms with Crippen molar-refractivity contribution in [1.82, 2.24) is 0 Å². The van der Waals surface area contributed by atoms with Crippen molar-refractivity contribution in [2.24, 2.45) is 0 Å². The number of hydrogen-bond donors (Lipinski definition) is 0. The molecule has 2 aromatic rings. The largest absolute Gasteiger partial charge is 0.276 e. The molecule has 0 atom stereocenters. The van der Waals surface area contributed by atoms with Crippen LogP contribution in [0, 0.1) is 10.1 Å². The summed E-state index contributed by atoms with van der Waals surface area (Å²) in [4.78, 5) is 20.1. The maximum Gasteiger partial charge on any atom is 0.269 e. The highest BCUT2D eigenvalue weighted by Gasteiger charge is 2.04. The van der Waals surface area contributed by atoms with Crippen molar-refractivity contribution >= 4 is 34.1 Å². The first kappa shape index (κ1) is 15.1. The third-order valence-corrected chi connectivity index (χ3v) is 2.59. The van der Waals surface area contributed by atoms with Crippen LogP contribution in [-0.2, 0) is 0 Å². The molecule has 0 aliphatic carbocycles. The van der Waals surface area contributed by atoms with E-state index in [1.54, 1.807) is 42.5 Å². The molecule has 0 bridgehead atoms. The summed E-state index contributed by atoms with van der Waals surface area (Å²) in [6.07, 6.45) is 0. The molecule has 0 aromatic heterocycles. The molecular weight excluding hydrogens is 289 g/mol. The summed E-state index contributed by atoms with van der Waals surface area (Å²) >= 11 is 10.8. The SMILES string of the molecule is O=C(Cl)c1ccccc1Cl.O=[N+]([O-])c1ccccc1. The van der Waals surface area contributed by atoms with E-state index in [1.807, 2.05) is 0 Å². The van der Waals surface area contributed by atoms with E-state index < -0.39 is 10.2 Å². The molecule has 0 aliphatic rings. The van der Waals surface area contributed by atoms with Crippen LogP contribution < -0.4 is 0 Å². The topological polar surface area (TPSA) is 60.2 Å². The quantitative estimate of drug-likeness (QED) is 0.471. The third-order valence-electron chi connectivity index (χ3n) is 2.05. The number of rotatable bonds is 2. The summed E-state index contributed by atoms with van der Waals surface area (Å²) in [6, 6.07) is 14.6. The van der Waals surface area contributed by atoms with Gasteiger partial charge < -0.3 is 0 Å². The van der Waals surface area contributed by atoms with Gasteiger partial charge in [0.25, 0.3) is 10.9 Å². The highest BCUT2D eigenvalue weighted by Crippen LogP contribution is 2.16. The van der Waals surface area contributed by atoms with Gasteiger partial charge in [-0.3, -0.25) is 14.9 Å². The first-order valence-electron chi connectivity index (χ1n) is 5.16. The lowest BCUT2D eigenvalue weighted by molar-refractivity contribution is -0.384. The second-order valence-electron chi connectivity index (χ2n) is 3.35. The zero-order valence-electron chi connectivity index (χ0n) is 9.62. The zero-order chi connectivity index (χ0) is 14.3. The Morgan fingerprint density at radius 3 is 1.89 bits per heavy atom. The standard InChI is InChI=1S/C7H4Cl2O.C6H5NO2/c8-6-4-2-1-3-5(6)7(9)10;8-7(9)6-4-2-1-3-5-6/h1-4H;1-5H. The Morgan fingerprint density at radius 1 is 1.00 bits per heavy atom. The van der Waals surface area contributed by atoms with Crippen LogP contribution in [0.2, 0.25) is 5.02 Å². The van der Waals surface area contributed by atoms with E-state index in [-0.39, 0.29) is 5.69 Å². The van der Waals surface area contributed by atoms with Gasteiger partial charge in [-0.15, -0.1) is 0 Å². The minimum absolute atomic E-state index is 0.137. The molecule has 2 aromatic carbocycles. The maximum atomic E-state index is 10.5. The number of benzene rings is 2. The molecule has 98 valence electrons. The van der Waals surface area contributed by atoms with E-state index >= 15 is 0 Å². The summed E-state index contributed by atoms with van der Waals surface area (Å²) < 4.78 is 0. The Kier molecular flexibility index (Phi) is 5.99. The van der Waals surface area contributed by atoms with Gasteiger partial charge in [-0.05, 0) is 23.7 Å². The Balaban J connectivity index is 0.000000191. The average molecular weight is 298 g/mol. The highest BCUT2D eigenvalue weighted by molar-refractivity contribution is 6.68. The van der Waals surface area contributed by atoms with Gasteiger partial charge >= 0.3 is 0 Å². The van der Waals surface area contributed by atoms with Crippen molar-refractivity contribution in [3.05, 3.63) is 75.3 Å². The van der Waals surface area contributed by atoms with E-state index in [9.17, 15) is 14.9 Å². The van der Waals surface area contributed by atoms with Crippen LogP contribution in [0.25, 0.3) is 0 Å². The van der Waals surface area contributed by atoms with Crippen molar-refractivity contribution < 1.29 is 9.72 Å². The van der Waals surface area contributed by atoms with Gasteiger partial charge in [-0.1, -0.05) is 41.9 Å². The Hall–Kier alpha value is -1.91. The molecule has 0 spiro atoms. The number of nitro benzene ring substituents is 1. The fourth-order valence-corrected chi connectivity index (χ4v) is 1.61. The molecular formula is C13H9Cl2NO3. The van der Waals surface area contributed by atoms with Crippen molar-refractivity contribution in [2.45, 2.75) is 0 Å². The minimum Gasteiger partial charge on any atom is -0.276 e. The minimum atomic E-state index is -0.523. The summed E-state index contributed by atoms with van der Waals surface area (Å²) in [5, 5.41) is 9.88. The first-order chi connectivity index (χ1) is 9.02. The summed E-state index contributed by atoms with van der Waals surface area (Å²) in [5.74, 6) is 0. The van der Waals surface area contributed by atoms with E-state index in [2.05, 4.69) is 0 Å². The number of carbonyl (C=O) groups is 1. The van der Waals surface area contributed by atoms with Crippen LogP contribution in [-0.4, -0.2) is 10.2 Å². The molecule has 2 rings (SSSR count). The summed E-state index contributed by atoms with van der Waals surface area (Å²) in [7, 11) is 0. The predicted octanol–water partition coefficient (Wildman–Crippen LogP) is 4.31. The smallest absolute Gasteiger partial charge is 0.269 e. The van der Waals surface area contributed by atoms with Gasteiger partial charge in [0.15, 0.2) is 0 Å². The van der Waals surface area contributed by atoms with E-state index in [0.717, 1.165) is 0 Å². The van der Waals surface area contributed by atoms with Crippen molar-refractivity contribution in [1.29, 1.82) is 0 Å². The Labute approximate surface area is 119 Å². The summed E-state index contributed by atoms with van der Waals surface area (Å²) in [6.45, 7) is 0. The monoisotopic (exact) mass is 297 g/mol. The fraction of sp³-hybridized carbons (Fsp3) is 0. The Morgan fingerprint density at radius 2 is 1.53 bits per heavy atom. The molecule has 0 saturated carbocycles. The fourth-order valence-electron chi connectivity index (χ4n) is 1.17. The molecule has 0 amide bonds. The molecule has 6 heteroatoms. The van der Waals surface area contributed by atoms with Gasteiger partial charge in [-0.25, -0.2) is 0 Å². The van der Waals surface area contributed by atoms with Gasteiger partial charge in [0, 0.05) is 12.1 Å². The normalized spacial score (nSPS) is 9.16. The molecule has 0 saturated heterocycles. The Bertz CT molecular complexity index is 573. The summed E-state index contributed by atoms with van der Waals surface area (Å²) in [5.41, 5.74) is 0.489. The van der Waals surface area contributed by atoms with Gasteiger partial charge in [0.1, 0.15) is 0 Å². The van der Waals surface area contributed by atoms with Crippen LogP contribution in [0.3, 0.4) is 0 Å². The molecule has 4 nitrogen and oxygen atoms in total. The predicted molar refractivity (Wildman–Crippen MR) is 74.7 cm³/mol. The molecule has 0 aliphatic heterocycles. The molecule has 0 unspecified atom stereocenters. The molecule has 19 heavy (non-hydrogen) atoms. The third kappa shape index (κ3) is 5.07. The lowest BCUT2D eigenvalue weighted by Gasteiger charge is -1.93. The second-order valence-corrected chi connectivity index (χ2v) is 4.10. The van der Waals surface area contributed by atoms with Gasteiger partial charge in [0.05, 0.1) is 15.5 Å². The van der Waals surface area contributed by atoms with Gasteiger partial charge in [0.2, 0.25) is 0 Å². The molecule has 0 N–H and O–H groups in total. The number of nitro groups is 1. The average Bonchev–Trinajstić information content (AvgIpc) is 2.40. The zero-order valence-corrected chi connectivity index (χ0v) is 11.1. The number of non-ortho nitro benzene ring substituents is 1. The van der Waals surface area contributed by atoms with E-state index in [4.69, 9.17) is 23.2 Å². The molecule has 0 fully saturated rings. The number of para-hydroxylation sites is 1. The van der Waals surface area contributed by atoms with Crippen LogP contribution in [0.5, 0.6) is 0 Å². The lowest BCUT2D eigenvalue weighted by Crippen LogP contribution is -1.87. The number of hydrogen-bond acceptors (Lipinski definition) is 3. The second kappa shape index (κ2) is 7.51. The molecule has 0 heterocycles. The van der Waals surface area contributed by atoms with Gasteiger partial charge in [-0.2, -0.15) is 0 Å². The van der Waals surface area contributed by atoms with Crippen molar-refractivity contribution in [2.75, 3.05) is 0 Å². The van der Waals surface area contributed by atoms with Crippen molar-refractivity contribution in [3.63, 3.8) is 0 Å². The number of nitrogens with zero attached hydrogens (tertiary/aromatic N) is 1. The van der Waals surface area contributed by atoms with Crippen LogP contribution >= 0.6 is 23.2 Å². The number of carbonyl (C=O) groups excluding carboxylic acids is 1. The van der Waals surface area contributed by atoms with Crippen molar-refractivity contribution in [3.8, 4) is 0 Å². The van der Waals surface area contributed by atoms with Crippen LogP contribution in [0.4, 0.5) is 5.69 Å². The van der Waals surface area contributed by atoms with E-state index in [1.165, 1.54) is 12.1 Å². The first-order valence-corrected chi connectivity index (χ1v) is 5.91. The molecule has 0 radical (unpaired) electrons. The number of halogens is 2.